The van der Waals surface area contributed by atoms with E-state index in [0.29, 0.717) is 13.1 Å². The Hall–Kier alpha value is -1.85. The first kappa shape index (κ1) is 14.6. The van der Waals surface area contributed by atoms with Crippen LogP contribution in [0.2, 0.25) is 0 Å². The summed E-state index contributed by atoms with van der Waals surface area (Å²) in [6.45, 7) is 5.03. The molecule has 0 fully saturated rings. The van der Waals surface area contributed by atoms with Gasteiger partial charge in [0.2, 0.25) is 0 Å². The minimum Gasteiger partial charge on any atom is -0.491 e. The Kier molecular flexibility index (Phi) is 5.15. The van der Waals surface area contributed by atoms with Gasteiger partial charge in [-0.3, -0.25) is 0 Å². The Balaban J connectivity index is 1.86. The highest BCUT2D eigenvalue weighted by molar-refractivity contribution is 5.30. The second kappa shape index (κ2) is 7.07. The van der Waals surface area contributed by atoms with Gasteiger partial charge in [0.1, 0.15) is 11.6 Å². The SMILES string of the molecule is CC(C)Oc1cccc(C(O)CNCc2ncc[nH]2)c1. The molecule has 3 N–H and O–H groups in total. The molecule has 1 aromatic carbocycles. The highest BCUT2D eigenvalue weighted by Crippen LogP contribution is 2.19. The van der Waals surface area contributed by atoms with Gasteiger partial charge >= 0.3 is 0 Å². The molecule has 1 heterocycles. The van der Waals surface area contributed by atoms with Gasteiger partial charge in [-0.1, -0.05) is 12.1 Å². The summed E-state index contributed by atoms with van der Waals surface area (Å²) in [5.41, 5.74) is 0.843. The molecule has 2 aromatic rings. The molecule has 108 valence electrons. The zero-order valence-corrected chi connectivity index (χ0v) is 11.8. The van der Waals surface area contributed by atoms with Crippen LogP contribution >= 0.6 is 0 Å². The third-order valence-corrected chi connectivity index (χ3v) is 2.80. The molecule has 0 aliphatic carbocycles. The monoisotopic (exact) mass is 275 g/mol. The van der Waals surface area contributed by atoms with E-state index in [1.54, 1.807) is 12.4 Å². The maximum Gasteiger partial charge on any atom is 0.120 e. The average Bonchev–Trinajstić information content (AvgIpc) is 2.91. The molecule has 0 spiro atoms. The van der Waals surface area contributed by atoms with E-state index in [0.717, 1.165) is 17.1 Å². The molecule has 5 nitrogen and oxygen atoms in total. The van der Waals surface area contributed by atoms with E-state index >= 15 is 0 Å². The van der Waals surface area contributed by atoms with E-state index in [2.05, 4.69) is 15.3 Å². The fraction of sp³-hybridized carbons (Fsp3) is 0.400. The van der Waals surface area contributed by atoms with E-state index in [4.69, 9.17) is 4.74 Å². The van der Waals surface area contributed by atoms with Gasteiger partial charge in [-0.25, -0.2) is 4.98 Å². The number of nitrogens with one attached hydrogen (secondary N) is 2. The molecule has 20 heavy (non-hydrogen) atoms. The molecule has 2 rings (SSSR count). The van der Waals surface area contributed by atoms with Crippen molar-refractivity contribution in [1.82, 2.24) is 15.3 Å². The second-order valence-electron chi connectivity index (χ2n) is 4.92. The molecule has 0 saturated carbocycles. The Morgan fingerprint density at radius 1 is 1.40 bits per heavy atom. The van der Waals surface area contributed by atoms with E-state index in [-0.39, 0.29) is 6.10 Å². The number of hydrogen-bond acceptors (Lipinski definition) is 4. The molecular weight excluding hydrogens is 254 g/mol. The van der Waals surface area contributed by atoms with Crippen LogP contribution in [0.4, 0.5) is 0 Å². The van der Waals surface area contributed by atoms with Crippen LogP contribution in [0.15, 0.2) is 36.7 Å². The standard InChI is InChI=1S/C15H21N3O2/c1-11(2)20-13-5-3-4-12(8-13)14(19)9-16-10-15-17-6-7-18-15/h3-8,11,14,16,19H,9-10H2,1-2H3,(H,17,18). The zero-order valence-electron chi connectivity index (χ0n) is 11.8. The van der Waals surface area contributed by atoms with Gasteiger partial charge in [0, 0.05) is 18.9 Å². The molecule has 1 atom stereocenters. The third kappa shape index (κ3) is 4.36. The van der Waals surface area contributed by atoms with Gasteiger partial charge in [0.25, 0.3) is 0 Å². The lowest BCUT2D eigenvalue weighted by Crippen LogP contribution is -2.21. The van der Waals surface area contributed by atoms with E-state index < -0.39 is 6.10 Å². The fourth-order valence-electron chi connectivity index (χ4n) is 1.91. The Bertz CT molecular complexity index is 512. The summed E-state index contributed by atoms with van der Waals surface area (Å²) in [6, 6.07) is 7.56. The minimum atomic E-state index is -0.569. The lowest BCUT2D eigenvalue weighted by atomic mass is 10.1. The Morgan fingerprint density at radius 3 is 2.95 bits per heavy atom. The van der Waals surface area contributed by atoms with Crippen molar-refractivity contribution in [2.24, 2.45) is 0 Å². The number of H-pyrrole nitrogens is 1. The van der Waals surface area contributed by atoms with Crippen molar-refractivity contribution in [3.63, 3.8) is 0 Å². The summed E-state index contributed by atoms with van der Waals surface area (Å²) in [5.74, 6) is 1.64. The van der Waals surface area contributed by atoms with Crippen LogP contribution in [0.1, 0.15) is 31.3 Å². The van der Waals surface area contributed by atoms with Gasteiger partial charge in [0.15, 0.2) is 0 Å². The Morgan fingerprint density at radius 2 is 2.25 bits per heavy atom. The highest BCUT2D eigenvalue weighted by Gasteiger charge is 2.09. The molecule has 5 heteroatoms. The number of imidazole rings is 1. The number of rotatable bonds is 7. The summed E-state index contributed by atoms with van der Waals surface area (Å²) in [4.78, 5) is 7.12. The van der Waals surface area contributed by atoms with Crippen molar-refractivity contribution < 1.29 is 9.84 Å². The maximum absolute atomic E-state index is 10.2. The lowest BCUT2D eigenvalue weighted by Gasteiger charge is -2.14. The Labute approximate surface area is 119 Å². The van der Waals surface area contributed by atoms with Crippen LogP contribution in [0.25, 0.3) is 0 Å². The number of hydrogen-bond donors (Lipinski definition) is 3. The number of aliphatic hydroxyl groups is 1. The largest absolute Gasteiger partial charge is 0.491 e. The van der Waals surface area contributed by atoms with Crippen LogP contribution in [0.3, 0.4) is 0 Å². The predicted octanol–water partition coefficient (Wildman–Crippen LogP) is 2.02. The van der Waals surface area contributed by atoms with E-state index in [9.17, 15) is 5.11 Å². The summed E-state index contributed by atoms with van der Waals surface area (Å²) < 4.78 is 5.62. The third-order valence-electron chi connectivity index (χ3n) is 2.80. The van der Waals surface area contributed by atoms with Crippen LogP contribution in [0, 0.1) is 0 Å². The van der Waals surface area contributed by atoms with Crippen molar-refractivity contribution in [3.8, 4) is 5.75 Å². The number of aromatic nitrogens is 2. The van der Waals surface area contributed by atoms with Gasteiger partial charge in [-0.05, 0) is 31.5 Å². The molecule has 0 saturated heterocycles. The molecule has 0 amide bonds. The maximum atomic E-state index is 10.2. The first-order valence-electron chi connectivity index (χ1n) is 6.79. The summed E-state index contributed by atoms with van der Waals surface area (Å²) in [6.07, 6.45) is 3.04. The van der Waals surface area contributed by atoms with Crippen molar-refractivity contribution in [2.75, 3.05) is 6.54 Å². The van der Waals surface area contributed by atoms with Crippen LogP contribution in [-0.2, 0) is 6.54 Å². The number of aromatic amines is 1. The van der Waals surface area contributed by atoms with Crippen molar-refractivity contribution >= 4 is 0 Å². The predicted molar refractivity (Wildman–Crippen MR) is 77.5 cm³/mol. The first-order chi connectivity index (χ1) is 9.65. The van der Waals surface area contributed by atoms with Gasteiger partial charge in [0.05, 0.1) is 18.8 Å². The van der Waals surface area contributed by atoms with Crippen molar-refractivity contribution in [1.29, 1.82) is 0 Å². The number of aliphatic hydroxyl groups excluding tert-OH is 1. The number of nitrogens with zero attached hydrogens (tertiary/aromatic N) is 1. The summed E-state index contributed by atoms with van der Waals surface area (Å²) >= 11 is 0. The molecule has 0 aliphatic rings. The topological polar surface area (TPSA) is 70.2 Å². The molecule has 1 unspecified atom stereocenters. The zero-order chi connectivity index (χ0) is 14.4. The van der Waals surface area contributed by atoms with Crippen LogP contribution in [0.5, 0.6) is 5.75 Å². The summed E-state index contributed by atoms with van der Waals surface area (Å²) in [7, 11) is 0. The van der Waals surface area contributed by atoms with E-state index in [1.165, 1.54) is 0 Å². The quantitative estimate of drug-likeness (QED) is 0.723. The minimum absolute atomic E-state index is 0.125. The van der Waals surface area contributed by atoms with Crippen molar-refractivity contribution in [3.05, 3.63) is 48.0 Å². The average molecular weight is 275 g/mol. The first-order valence-corrected chi connectivity index (χ1v) is 6.79. The molecule has 1 aromatic heterocycles. The van der Waals surface area contributed by atoms with Crippen LogP contribution in [-0.4, -0.2) is 27.7 Å². The lowest BCUT2D eigenvalue weighted by molar-refractivity contribution is 0.173. The van der Waals surface area contributed by atoms with E-state index in [1.807, 2.05) is 38.1 Å². The molecule has 0 radical (unpaired) electrons. The number of benzene rings is 1. The van der Waals surface area contributed by atoms with Crippen LogP contribution < -0.4 is 10.1 Å². The number of ether oxygens (including phenoxy) is 1. The normalized spacial score (nSPS) is 12.6. The molecule has 0 aliphatic heterocycles. The summed E-state index contributed by atoms with van der Waals surface area (Å²) in [5, 5.41) is 13.3. The highest BCUT2D eigenvalue weighted by atomic mass is 16.5. The molecular formula is C15H21N3O2. The van der Waals surface area contributed by atoms with Crippen molar-refractivity contribution in [2.45, 2.75) is 32.6 Å². The van der Waals surface area contributed by atoms with Gasteiger partial charge in [-0.15, -0.1) is 0 Å². The van der Waals surface area contributed by atoms with Gasteiger partial charge in [-0.2, -0.15) is 0 Å². The van der Waals surface area contributed by atoms with Gasteiger partial charge < -0.3 is 20.1 Å². The second-order valence-corrected chi connectivity index (χ2v) is 4.92. The smallest absolute Gasteiger partial charge is 0.120 e. The fourth-order valence-corrected chi connectivity index (χ4v) is 1.91. The molecule has 0 bridgehead atoms.